The van der Waals surface area contributed by atoms with E-state index < -0.39 is 0 Å². The topological polar surface area (TPSA) is 51.0 Å². The molecule has 1 atom stereocenters. The highest BCUT2D eigenvalue weighted by Crippen LogP contribution is 2.31. The van der Waals surface area contributed by atoms with Gasteiger partial charge >= 0.3 is 0 Å². The third-order valence-electron chi connectivity index (χ3n) is 5.55. The van der Waals surface area contributed by atoms with Gasteiger partial charge in [0.1, 0.15) is 5.82 Å². The van der Waals surface area contributed by atoms with Crippen LogP contribution in [0.1, 0.15) is 43.8 Å². The zero-order valence-electron chi connectivity index (χ0n) is 15.1. The normalized spacial score (nSPS) is 20.8. The first-order valence-corrected chi connectivity index (χ1v) is 10.6. The first kappa shape index (κ1) is 17.6. The summed E-state index contributed by atoms with van der Waals surface area (Å²) in [7, 11) is 0. The first-order valence-electron chi connectivity index (χ1n) is 9.62. The molecule has 0 bridgehead atoms. The smallest absolute Gasteiger partial charge is 0.233 e. The average molecular weight is 371 g/mol. The van der Waals surface area contributed by atoms with Gasteiger partial charge in [-0.15, -0.1) is 0 Å². The van der Waals surface area contributed by atoms with Crippen molar-refractivity contribution in [3.05, 3.63) is 42.6 Å². The van der Waals surface area contributed by atoms with Crippen LogP contribution in [0, 0.1) is 5.92 Å². The Labute approximate surface area is 159 Å². The van der Waals surface area contributed by atoms with Gasteiger partial charge in [0.05, 0.1) is 10.8 Å². The monoisotopic (exact) mass is 370 g/mol. The molecule has 0 N–H and O–H groups in total. The predicted molar refractivity (Wildman–Crippen MR) is 103 cm³/mol. The molecule has 1 aliphatic carbocycles. The number of piperidine rings is 1. The van der Waals surface area contributed by atoms with Gasteiger partial charge in [0.2, 0.25) is 5.91 Å². The van der Waals surface area contributed by atoms with E-state index in [1.54, 1.807) is 6.20 Å². The summed E-state index contributed by atoms with van der Waals surface area (Å²) in [6, 6.07) is 5.81. The molecule has 0 spiro atoms. The van der Waals surface area contributed by atoms with Gasteiger partial charge in [0.15, 0.2) is 0 Å². The maximum absolute atomic E-state index is 12.7. The third kappa shape index (κ3) is 4.11. The number of aromatic nitrogens is 3. The van der Waals surface area contributed by atoms with Crippen LogP contribution in [0.2, 0.25) is 0 Å². The molecule has 2 fully saturated rings. The second-order valence-corrected chi connectivity index (χ2v) is 8.37. The van der Waals surface area contributed by atoms with Crippen molar-refractivity contribution in [2.45, 2.75) is 49.6 Å². The number of likely N-dealkylation sites (tertiary alicyclic amines) is 1. The minimum absolute atomic E-state index is 0.211. The molecule has 0 aromatic carbocycles. The molecule has 1 aliphatic heterocycles. The molecule has 3 heterocycles. The number of thioether (sulfide) groups is 1. The molecule has 138 valence electrons. The first-order chi connectivity index (χ1) is 12.8. The maximum atomic E-state index is 12.7. The van der Waals surface area contributed by atoms with E-state index in [4.69, 9.17) is 0 Å². The average Bonchev–Trinajstić information content (AvgIpc) is 3.12. The van der Waals surface area contributed by atoms with E-state index in [0.29, 0.717) is 11.7 Å². The summed E-state index contributed by atoms with van der Waals surface area (Å²) in [5.74, 6) is 3.02. The summed E-state index contributed by atoms with van der Waals surface area (Å²) in [4.78, 5) is 23.6. The lowest BCUT2D eigenvalue weighted by Crippen LogP contribution is -2.40. The minimum atomic E-state index is 0.211. The Morgan fingerprint density at radius 3 is 2.85 bits per heavy atom. The lowest BCUT2D eigenvalue weighted by Gasteiger charge is -2.33. The molecule has 2 aliphatic rings. The Morgan fingerprint density at radius 2 is 2.08 bits per heavy atom. The van der Waals surface area contributed by atoms with Gasteiger partial charge in [-0.3, -0.25) is 4.79 Å². The minimum Gasteiger partial charge on any atom is -0.341 e. The van der Waals surface area contributed by atoms with Crippen LogP contribution in [0.4, 0.5) is 0 Å². The predicted octanol–water partition coefficient (Wildman–Crippen LogP) is 3.58. The van der Waals surface area contributed by atoms with Crippen molar-refractivity contribution in [2.75, 3.05) is 18.8 Å². The van der Waals surface area contributed by atoms with Crippen LogP contribution in [-0.2, 0) is 11.3 Å². The number of hydrogen-bond donors (Lipinski definition) is 0. The molecule has 1 unspecified atom stereocenters. The van der Waals surface area contributed by atoms with Crippen molar-refractivity contribution in [3.8, 4) is 0 Å². The Balaban J connectivity index is 1.35. The van der Waals surface area contributed by atoms with Gasteiger partial charge in [-0.2, -0.15) is 0 Å². The highest BCUT2D eigenvalue weighted by atomic mass is 32.2. The number of nitrogens with zero attached hydrogens (tertiary/aromatic N) is 4. The summed E-state index contributed by atoms with van der Waals surface area (Å²) < 4.78 is 2.34. The van der Waals surface area contributed by atoms with E-state index >= 15 is 0 Å². The number of hydrogen-bond acceptors (Lipinski definition) is 4. The fourth-order valence-corrected chi connectivity index (χ4v) is 4.63. The molecule has 6 heteroatoms. The standard InChI is InChI=1S/C20H26N4OS/c25-19(15-26-18-8-1-2-9-21-18)23-11-4-7-17(14-23)20-22-10-12-24(20)13-16-5-3-6-16/h1-2,8-10,12,16-17H,3-7,11,13-15H2. The van der Waals surface area contributed by atoms with Crippen molar-refractivity contribution < 1.29 is 4.79 Å². The van der Waals surface area contributed by atoms with Crippen LogP contribution in [-0.4, -0.2) is 44.2 Å². The van der Waals surface area contributed by atoms with Crippen molar-refractivity contribution >= 4 is 17.7 Å². The lowest BCUT2D eigenvalue weighted by atomic mass is 9.85. The third-order valence-corrected chi connectivity index (χ3v) is 6.48. The maximum Gasteiger partial charge on any atom is 0.233 e. The second kappa shape index (κ2) is 8.25. The summed E-state index contributed by atoms with van der Waals surface area (Å²) in [5.41, 5.74) is 0. The van der Waals surface area contributed by atoms with E-state index in [1.165, 1.54) is 36.8 Å². The Kier molecular flexibility index (Phi) is 5.58. The summed E-state index contributed by atoms with van der Waals surface area (Å²) in [5, 5.41) is 0.908. The van der Waals surface area contributed by atoms with Crippen molar-refractivity contribution in [1.82, 2.24) is 19.4 Å². The molecule has 4 rings (SSSR count). The summed E-state index contributed by atoms with van der Waals surface area (Å²) in [6.45, 7) is 2.75. The molecule has 26 heavy (non-hydrogen) atoms. The SMILES string of the molecule is O=C(CSc1ccccn1)N1CCCC(c2nccn2CC2CCC2)C1. The molecule has 1 amide bonds. The number of pyridine rings is 1. The van der Waals surface area contributed by atoms with Gasteiger partial charge in [-0.25, -0.2) is 9.97 Å². The summed E-state index contributed by atoms with van der Waals surface area (Å²) in [6.07, 6.45) is 12.0. The Bertz CT molecular complexity index is 728. The van der Waals surface area contributed by atoms with Crippen molar-refractivity contribution in [1.29, 1.82) is 0 Å². The van der Waals surface area contributed by atoms with E-state index in [-0.39, 0.29) is 5.91 Å². The van der Waals surface area contributed by atoms with E-state index in [1.807, 2.05) is 29.3 Å². The van der Waals surface area contributed by atoms with Gasteiger partial charge < -0.3 is 9.47 Å². The van der Waals surface area contributed by atoms with Gasteiger partial charge in [0.25, 0.3) is 0 Å². The Hall–Kier alpha value is -1.82. The molecule has 5 nitrogen and oxygen atoms in total. The molecular weight excluding hydrogens is 344 g/mol. The number of imidazole rings is 1. The summed E-state index contributed by atoms with van der Waals surface area (Å²) >= 11 is 1.52. The number of carbonyl (C=O) groups is 1. The van der Waals surface area contributed by atoms with Crippen LogP contribution < -0.4 is 0 Å². The molecule has 2 aromatic heterocycles. The molecule has 0 radical (unpaired) electrons. The number of rotatable bonds is 6. The highest BCUT2D eigenvalue weighted by molar-refractivity contribution is 7.99. The van der Waals surface area contributed by atoms with Crippen molar-refractivity contribution in [3.63, 3.8) is 0 Å². The quantitative estimate of drug-likeness (QED) is 0.730. The Morgan fingerprint density at radius 1 is 1.15 bits per heavy atom. The molecule has 1 saturated heterocycles. The van der Waals surface area contributed by atoms with Gasteiger partial charge in [-0.05, 0) is 43.7 Å². The zero-order valence-corrected chi connectivity index (χ0v) is 15.9. The number of amides is 1. The molecule has 1 saturated carbocycles. The van der Waals surface area contributed by atoms with Crippen LogP contribution in [0.5, 0.6) is 0 Å². The number of carbonyl (C=O) groups excluding carboxylic acids is 1. The fraction of sp³-hybridized carbons (Fsp3) is 0.550. The van der Waals surface area contributed by atoms with Crippen LogP contribution in [0.25, 0.3) is 0 Å². The van der Waals surface area contributed by atoms with Crippen LogP contribution in [0.3, 0.4) is 0 Å². The zero-order chi connectivity index (χ0) is 17.8. The lowest BCUT2D eigenvalue weighted by molar-refractivity contribution is -0.129. The molecular formula is C20H26N4OS. The van der Waals surface area contributed by atoms with E-state index in [9.17, 15) is 4.79 Å². The van der Waals surface area contributed by atoms with E-state index in [0.717, 1.165) is 43.4 Å². The van der Waals surface area contributed by atoms with Crippen LogP contribution >= 0.6 is 11.8 Å². The fourth-order valence-electron chi connectivity index (χ4n) is 3.86. The van der Waals surface area contributed by atoms with Crippen LogP contribution in [0.15, 0.2) is 41.8 Å². The highest BCUT2D eigenvalue weighted by Gasteiger charge is 2.28. The van der Waals surface area contributed by atoms with Gasteiger partial charge in [-0.1, -0.05) is 24.2 Å². The molecule has 2 aromatic rings. The largest absolute Gasteiger partial charge is 0.341 e. The second-order valence-electron chi connectivity index (χ2n) is 7.37. The van der Waals surface area contributed by atoms with Crippen molar-refractivity contribution in [2.24, 2.45) is 5.92 Å². The van der Waals surface area contributed by atoms with E-state index in [2.05, 4.69) is 20.7 Å². The van der Waals surface area contributed by atoms with Gasteiger partial charge in [0, 0.05) is 44.1 Å².